The summed E-state index contributed by atoms with van der Waals surface area (Å²) in [6, 6.07) is 18.5. The van der Waals surface area contributed by atoms with Gasteiger partial charge >= 0.3 is 0 Å². The van der Waals surface area contributed by atoms with Crippen molar-refractivity contribution in [2.24, 2.45) is 0 Å². The van der Waals surface area contributed by atoms with Crippen LogP contribution in [0.5, 0.6) is 11.5 Å². The molecule has 0 fully saturated rings. The van der Waals surface area contributed by atoms with Crippen molar-refractivity contribution >= 4 is 23.1 Å². The largest absolute Gasteiger partial charge is 0.493 e. The highest BCUT2D eigenvalue weighted by atomic mass is 16.5. The molecule has 1 unspecified atom stereocenters. The van der Waals surface area contributed by atoms with Gasteiger partial charge in [-0.3, -0.25) is 0 Å². The Morgan fingerprint density at radius 3 is 2.42 bits per heavy atom. The highest BCUT2D eigenvalue weighted by molar-refractivity contribution is 5.80. The number of fused-ring (bicyclic) bond motifs is 1. The number of hydrogen-bond donors (Lipinski definition) is 0. The minimum Gasteiger partial charge on any atom is -0.493 e. The Bertz CT molecular complexity index is 1010. The first kappa shape index (κ1) is 24.8. The summed E-state index contributed by atoms with van der Waals surface area (Å²) in [7, 11) is 1.71. The third-order valence-corrected chi connectivity index (χ3v) is 6.04. The van der Waals surface area contributed by atoms with Crippen LogP contribution in [0.15, 0.2) is 54.6 Å². The maximum Gasteiger partial charge on any atom is 0.161 e. The van der Waals surface area contributed by atoms with Crippen LogP contribution in [0.1, 0.15) is 82.9 Å². The Kier molecular flexibility index (Phi) is 10.3. The molecule has 0 aliphatic heterocycles. The van der Waals surface area contributed by atoms with Crippen molar-refractivity contribution in [2.45, 2.75) is 77.7 Å². The number of aromatic nitrogens is 1. The van der Waals surface area contributed by atoms with E-state index in [4.69, 9.17) is 14.5 Å². The van der Waals surface area contributed by atoms with E-state index >= 15 is 0 Å². The SMILES string of the molecule is CCCCCCCCC(CCC)Oc1ccc(C=Cc2ccc3ccccc3n2)cc1OC. The summed E-state index contributed by atoms with van der Waals surface area (Å²) in [5, 5.41) is 1.15. The molecule has 176 valence electrons. The monoisotopic (exact) mass is 445 g/mol. The number of ether oxygens (including phenoxy) is 2. The number of pyridine rings is 1. The summed E-state index contributed by atoms with van der Waals surface area (Å²) in [5.74, 6) is 1.62. The molecule has 3 nitrogen and oxygen atoms in total. The van der Waals surface area contributed by atoms with Crippen LogP contribution in [0.3, 0.4) is 0 Å². The molecule has 3 heteroatoms. The summed E-state index contributed by atoms with van der Waals surface area (Å²) in [6.45, 7) is 4.49. The van der Waals surface area contributed by atoms with Crippen molar-refractivity contribution in [3.05, 3.63) is 65.9 Å². The maximum absolute atomic E-state index is 6.41. The summed E-state index contributed by atoms with van der Waals surface area (Å²) in [5.41, 5.74) is 3.01. The van der Waals surface area contributed by atoms with E-state index < -0.39 is 0 Å². The van der Waals surface area contributed by atoms with Gasteiger partial charge in [0.15, 0.2) is 11.5 Å². The zero-order valence-corrected chi connectivity index (χ0v) is 20.6. The molecule has 0 aliphatic carbocycles. The van der Waals surface area contributed by atoms with Crippen LogP contribution in [-0.2, 0) is 0 Å². The molecule has 0 aliphatic rings. The van der Waals surface area contributed by atoms with E-state index in [2.05, 4.69) is 38.1 Å². The van der Waals surface area contributed by atoms with Crippen molar-refractivity contribution in [3.8, 4) is 11.5 Å². The average molecular weight is 446 g/mol. The first-order chi connectivity index (χ1) is 16.2. The quantitative estimate of drug-likeness (QED) is 0.232. The van der Waals surface area contributed by atoms with Gasteiger partial charge in [0.05, 0.1) is 24.4 Å². The smallest absolute Gasteiger partial charge is 0.161 e. The number of hydrogen-bond acceptors (Lipinski definition) is 3. The zero-order chi connectivity index (χ0) is 23.3. The molecule has 0 spiro atoms. The lowest BCUT2D eigenvalue weighted by molar-refractivity contribution is 0.169. The summed E-state index contributed by atoms with van der Waals surface area (Å²) in [4.78, 5) is 4.72. The lowest BCUT2D eigenvalue weighted by atomic mass is 10.0. The third kappa shape index (κ3) is 7.92. The fourth-order valence-corrected chi connectivity index (χ4v) is 4.16. The lowest BCUT2D eigenvalue weighted by Crippen LogP contribution is -2.16. The molecule has 0 saturated carbocycles. The topological polar surface area (TPSA) is 31.4 Å². The van der Waals surface area contributed by atoms with Crippen LogP contribution in [0.25, 0.3) is 23.1 Å². The number of methoxy groups -OCH3 is 1. The maximum atomic E-state index is 6.41. The summed E-state index contributed by atoms with van der Waals surface area (Å²) >= 11 is 0. The van der Waals surface area contributed by atoms with E-state index in [0.29, 0.717) is 0 Å². The predicted octanol–water partition coefficient (Wildman–Crippen LogP) is 8.71. The van der Waals surface area contributed by atoms with Crippen LogP contribution in [-0.4, -0.2) is 18.2 Å². The molecule has 1 aromatic heterocycles. The van der Waals surface area contributed by atoms with Crippen LogP contribution >= 0.6 is 0 Å². The molecule has 0 N–H and O–H groups in total. The van der Waals surface area contributed by atoms with Gasteiger partial charge in [0.25, 0.3) is 0 Å². The van der Waals surface area contributed by atoms with Crippen molar-refractivity contribution < 1.29 is 9.47 Å². The molecule has 0 radical (unpaired) electrons. The first-order valence-corrected chi connectivity index (χ1v) is 12.6. The lowest BCUT2D eigenvalue weighted by Gasteiger charge is -2.20. The molecule has 3 rings (SSSR count). The second-order valence-electron chi connectivity index (χ2n) is 8.76. The second kappa shape index (κ2) is 13.7. The van der Waals surface area contributed by atoms with Crippen LogP contribution in [0, 0.1) is 0 Å². The van der Waals surface area contributed by atoms with Gasteiger partial charge in [0, 0.05) is 5.39 Å². The van der Waals surface area contributed by atoms with Gasteiger partial charge in [-0.2, -0.15) is 0 Å². The highest BCUT2D eigenvalue weighted by Gasteiger charge is 2.13. The van der Waals surface area contributed by atoms with Gasteiger partial charge in [0.1, 0.15) is 0 Å². The van der Waals surface area contributed by atoms with Crippen LogP contribution < -0.4 is 9.47 Å². The van der Waals surface area contributed by atoms with Gasteiger partial charge in [-0.15, -0.1) is 0 Å². The van der Waals surface area contributed by atoms with Crippen molar-refractivity contribution in [3.63, 3.8) is 0 Å². The second-order valence-corrected chi connectivity index (χ2v) is 8.76. The van der Waals surface area contributed by atoms with Crippen molar-refractivity contribution in [1.82, 2.24) is 4.98 Å². The van der Waals surface area contributed by atoms with Crippen molar-refractivity contribution in [2.75, 3.05) is 7.11 Å². The van der Waals surface area contributed by atoms with E-state index in [1.54, 1.807) is 7.11 Å². The van der Waals surface area contributed by atoms with Gasteiger partial charge in [-0.25, -0.2) is 4.98 Å². The normalized spacial score (nSPS) is 12.3. The van der Waals surface area contributed by atoms with Crippen LogP contribution in [0.2, 0.25) is 0 Å². The minimum absolute atomic E-state index is 0.248. The number of benzene rings is 2. The molecule has 3 aromatic rings. The van der Waals surface area contributed by atoms with Crippen molar-refractivity contribution in [1.29, 1.82) is 0 Å². The van der Waals surface area contributed by atoms with Crippen LogP contribution in [0.4, 0.5) is 0 Å². The molecule has 0 saturated heterocycles. The molecule has 1 heterocycles. The Balaban J connectivity index is 1.62. The fourth-order valence-electron chi connectivity index (χ4n) is 4.16. The third-order valence-electron chi connectivity index (χ3n) is 6.04. The summed E-state index contributed by atoms with van der Waals surface area (Å²) in [6.07, 6.45) is 15.5. The number of nitrogens with zero attached hydrogens (tertiary/aromatic N) is 1. The first-order valence-electron chi connectivity index (χ1n) is 12.6. The molecule has 0 amide bonds. The van der Waals surface area contributed by atoms with E-state index in [1.165, 1.54) is 38.5 Å². The van der Waals surface area contributed by atoms with Gasteiger partial charge in [0.2, 0.25) is 0 Å². The van der Waals surface area contributed by atoms with Gasteiger partial charge in [-0.1, -0.05) is 88.8 Å². The molecular formula is C30H39NO2. The predicted molar refractivity (Wildman–Crippen MR) is 141 cm³/mol. The van der Waals surface area contributed by atoms with Gasteiger partial charge in [-0.05, 0) is 55.2 Å². The highest BCUT2D eigenvalue weighted by Crippen LogP contribution is 2.31. The molecule has 0 bridgehead atoms. The number of para-hydroxylation sites is 1. The number of unbranched alkanes of at least 4 members (excludes halogenated alkanes) is 5. The molecule has 33 heavy (non-hydrogen) atoms. The van der Waals surface area contributed by atoms with Gasteiger partial charge < -0.3 is 9.47 Å². The Hall–Kier alpha value is -2.81. The average Bonchev–Trinajstić information content (AvgIpc) is 2.85. The number of rotatable bonds is 14. The van der Waals surface area contributed by atoms with E-state index in [0.717, 1.165) is 52.9 Å². The Morgan fingerprint density at radius 1 is 0.788 bits per heavy atom. The zero-order valence-electron chi connectivity index (χ0n) is 20.6. The van der Waals surface area contributed by atoms with E-state index in [1.807, 2.05) is 42.5 Å². The minimum atomic E-state index is 0.248. The molecule has 2 aromatic carbocycles. The van der Waals surface area contributed by atoms with E-state index in [-0.39, 0.29) is 6.10 Å². The summed E-state index contributed by atoms with van der Waals surface area (Å²) < 4.78 is 12.1. The Labute approximate surface area is 199 Å². The molecule has 1 atom stereocenters. The van der Waals surface area contributed by atoms with E-state index in [9.17, 15) is 0 Å². The fraction of sp³-hybridized carbons (Fsp3) is 0.433. The standard InChI is InChI=1S/C30H39NO2/c1-4-6-7-8-9-10-15-27(13-5-2)33-29-22-18-24(23-30(29)32-3)17-20-26-21-19-25-14-11-12-16-28(25)31-26/h11-12,14,16-23,27H,4-10,13,15H2,1-3H3. The Morgan fingerprint density at radius 2 is 1.61 bits per heavy atom. The molecular weight excluding hydrogens is 406 g/mol.